The molecule has 1 fully saturated rings. The van der Waals surface area contributed by atoms with Crippen molar-refractivity contribution in [1.29, 1.82) is 0 Å². The summed E-state index contributed by atoms with van der Waals surface area (Å²) in [5, 5.41) is 4.11. The van der Waals surface area contributed by atoms with Crippen LogP contribution < -0.4 is 14.8 Å². The summed E-state index contributed by atoms with van der Waals surface area (Å²) in [6, 6.07) is 4.57. The number of hydrogen-bond donors (Lipinski definition) is 1. The van der Waals surface area contributed by atoms with Gasteiger partial charge in [-0.25, -0.2) is 0 Å². The quantitative estimate of drug-likeness (QED) is 0.839. The lowest BCUT2D eigenvalue weighted by atomic mass is 10.1. The number of hydrogen-bond acceptors (Lipinski definition) is 4. The van der Waals surface area contributed by atoms with E-state index < -0.39 is 0 Å². The van der Waals surface area contributed by atoms with Crippen LogP contribution in [0.25, 0.3) is 0 Å². The van der Waals surface area contributed by atoms with Crippen LogP contribution in [0, 0.1) is 0 Å². The van der Waals surface area contributed by atoms with Gasteiger partial charge in [0.2, 0.25) is 0 Å². The van der Waals surface area contributed by atoms with E-state index in [0.29, 0.717) is 22.6 Å². The van der Waals surface area contributed by atoms with E-state index in [4.69, 9.17) is 21.1 Å². The number of likely N-dealkylation sites (N-methyl/N-ethyl adjacent to an activating group) is 1. The van der Waals surface area contributed by atoms with Gasteiger partial charge in [-0.3, -0.25) is 4.90 Å². The molecule has 1 heterocycles. The fraction of sp³-hybridized carbons (Fsp3) is 0.625. The molecule has 21 heavy (non-hydrogen) atoms. The number of halogens is 1. The van der Waals surface area contributed by atoms with Crippen molar-refractivity contribution < 1.29 is 9.47 Å². The van der Waals surface area contributed by atoms with E-state index in [1.807, 2.05) is 12.1 Å². The monoisotopic (exact) mass is 312 g/mol. The molecule has 2 rings (SSSR count). The van der Waals surface area contributed by atoms with Crippen molar-refractivity contribution in [2.75, 3.05) is 33.9 Å². The molecule has 118 valence electrons. The Morgan fingerprint density at radius 1 is 1.33 bits per heavy atom. The van der Waals surface area contributed by atoms with Crippen LogP contribution in [0.15, 0.2) is 12.1 Å². The first-order valence-corrected chi connectivity index (χ1v) is 7.92. The Labute approximate surface area is 132 Å². The maximum Gasteiger partial charge on any atom is 0.179 e. The topological polar surface area (TPSA) is 33.7 Å². The fourth-order valence-electron chi connectivity index (χ4n) is 3.00. The Kier molecular flexibility index (Phi) is 6.15. The maximum absolute atomic E-state index is 6.22. The molecule has 0 bridgehead atoms. The summed E-state index contributed by atoms with van der Waals surface area (Å²) in [5.41, 5.74) is 1.11. The van der Waals surface area contributed by atoms with Crippen molar-refractivity contribution in [1.82, 2.24) is 10.2 Å². The second kappa shape index (κ2) is 7.87. The molecule has 4 nitrogen and oxygen atoms in total. The molecule has 1 aromatic carbocycles. The molecule has 0 spiro atoms. The van der Waals surface area contributed by atoms with Gasteiger partial charge in [0, 0.05) is 19.1 Å². The average Bonchev–Trinajstić information content (AvgIpc) is 2.94. The lowest BCUT2D eigenvalue weighted by molar-refractivity contribution is 0.260. The third kappa shape index (κ3) is 4.02. The van der Waals surface area contributed by atoms with Crippen molar-refractivity contribution in [3.63, 3.8) is 0 Å². The van der Waals surface area contributed by atoms with Gasteiger partial charge in [-0.05, 0) is 43.6 Å². The lowest BCUT2D eigenvalue weighted by Crippen LogP contribution is -2.37. The molecule has 0 amide bonds. The molecule has 1 aliphatic heterocycles. The highest BCUT2D eigenvalue weighted by Gasteiger charge is 2.22. The largest absolute Gasteiger partial charge is 0.493 e. The Morgan fingerprint density at radius 3 is 2.81 bits per heavy atom. The lowest BCUT2D eigenvalue weighted by Gasteiger charge is -2.23. The summed E-state index contributed by atoms with van der Waals surface area (Å²) < 4.78 is 10.6. The third-order valence-corrected chi connectivity index (χ3v) is 4.39. The van der Waals surface area contributed by atoms with Crippen LogP contribution in [0.1, 0.15) is 25.3 Å². The van der Waals surface area contributed by atoms with Crippen molar-refractivity contribution in [3.05, 3.63) is 22.7 Å². The Hall–Kier alpha value is -0.970. The molecule has 1 saturated heterocycles. The maximum atomic E-state index is 6.22. The van der Waals surface area contributed by atoms with Crippen molar-refractivity contribution in [2.45, 2.75) is 32.4 Å². The first-order valence-electron chi connectivity index (χ1n) is 7.54. The normalized spacial score (nSPS) is 19.0. The molecular formula is C16H25ClN2O2. The molecule has 0 aromatic heterocycles. The smallest absolute Gasteiger partial charge is 0.179 e. The van der Waals surface area contributed by atoms with Gasteiger partial charge in [0.15, 0.2) is 11.5 Å². The summed E-state index contributed by atoms with van der Waals surface area (Å²) in [6.07, 6.45) is 2.59. The Bertz CT molecular complexity index is 468. The minimum absolute atomic E-state index is 0.588. The van der Waals surface area contributed by atoms with Crippen molar-refractivity contribution in [2.24, 2.45) is 0 Å². The zero-order chi connectivity index (χ0) is 15.2. The average molecular weight is 313 g/mol. The van der Waals surface area contributed by atoms with Gasteiger partial charge in [-0.1, -0.05) is 18.5 Å². The van der Waals surface area contributed by atoms with Gasteiger partial charge in [-0.15, -0.1) is 0 Å². The minimum Gasteiger partial charge on any atom is -0.493 e. The highest BCUT2D eigenvalue weighted by atomic mass is 35.5. The Morgan fingerprint density at radius 2 is 2.14 bits per heavy atom. The van der Waals surface area contributed by atoms with Crippen LogP contribution in [-0.4, -0.2) is 44.8 Å². The Balaban J connectivity index is 1.92. The molecule has 1 aromatic rings. The molecule has 0 saturated carbocycles. The van der Waals surface area contributed by atoms with E-state index in [0.717, 1.165) is 25.2 Å². The number of benzene rings is 1. The molecule has 1 aliphatic rings. The number of methoxy groups -OCH3 is 2. The number of rotatable bonds is 7. The number of nitrogens with zero attached hydrogens (tertiary/aromatic N) is 1. The van der Waals surface area contributed by atoms with E-state index in [1.54, 1.807) is 14.2 Å². The molecule has 0 aliphatic carbocycles. The minimum atomic E-state index is 0.588. The zero-order valence-electron chi connectivity index (χ0n) is 13.1. The van der Waals surface area contributed by atoms with Crippen LogP contribution in [0.2, 0.25) is 5.02 Å². The van der Waals surface area contributed by atoms with Gasteiger partial charge in [-0.2, -0.15) is 0 Å². The predicted octanol–water partition coefficient (Wildman–Crippen LogP) is 2.93. The number of ether oxygens (including phenoxy) is 2. The molecule has 5 heteroatoms. The highest BCUT2D eigenvalue weighted by molar-refractivity contribution is 6.32. The predicted molar refractivity (Wildman–Crippen MR) is 86.5 cm³/mol. The fourth-order valence-corrected chi connectivity index (χ4v) is 3.31. The number of likely N-dealkylation sites (tertiary alicyclic amines) is 1. The second-order valence-electron chi connectivity index (χ2n) is 5.37. The summed E-state index contributed by atoms with van der Waals surface area (Å²) >= 11 is 6.22. The van der Waals surface area contributed by atoms with E-state index in [2.05, 4.69) is 17.1 Å². The molecule has 0 unspecified atom stereocenters. The molecule has 0 radical (unpaired) electrons. The van der Waals surface area contributed by atoms with Crippen LogP contribution in [0.5, 0.6) is 11.5 Å². The molecule has 1 N–H and O–H groups in total. The van der Waals surface area contributed by atoms with Gasteiger partial charge in [0.25, 0.3) is 0 Å². The van der Waals surface area contributed by atoms with Crippen LogP contribution in [0.4, 0.5) is 0 Å². The first kappa shape index (κ1) is 16.4. The van der Waals surface area contributed by atoms with Crippen LogP contribution >= 0.6 is 11.6 Å². The van der Waals surface area contributed by atoms with E-state index >= 15 is 0 Å². The molecule has 1 atom stereocenters. The van der Waals surface area contributed by atoms with E-state index in [9.17, 15) is 0 Å². The van der Waals surface area contributed by atoms with Gasteiger partial charge < -0.3 is 14.8 Å². The van der Waals surface area contributed by atoms with Crippen LogP contribution in [-0.2, 0) is 6.54 Å². The van der Waals surface area contributed by atoms with E-state index in [-0.39, 0.29) is 0 Å². The number of nitrogens with one attached hydrogen (secondary N) is 1. The summed E-state index contributed by atoms with van der Waals surface area (Å²) in [7, 11) is 3.23. The van der Waals surface area contributed by atoms with Crippen molar-refractivity contribution >= 4 is 11.6 Å². The summed E-state index contributed by atoms with van der Waals surface area (Å²) in [6.45, 7) is 6.39. The summed E-state index contributed by atoms with van der Waals surface area (Å²) in [5.74, 6) is 1.27. The summed E-state index contributed by atoms with van der Waals surface area (Å²) in [4.78, 5) is 2.54. The third-order valence-electron chi connectivity index (χ3n) is 4.11. The van der Waals surface area contributed by atoms with Crippen LogP contribution in [0.3, 0.4) is 0 Å². The zero-order valence-corrected chi connectivity index (χ0v) is 13.9. The van der Waals surface area contributed by atoms with Gasteiger partial charge in [0.05, 0.1) is 19.2 Å². The SMILES string of the molecule is CCN1CCC[C@H]1CNCc1cc(Cl)c(OC)c(OC)c1. The second-order valence-corrected chi connectivity index (χ2v) is 5.78. The van der Waals surface area contributed by atoms with Gasteiger partial charge in [0.1, 0.15) is 0 Å². The van der Waals surface area contributed by atoms with E-state index in [1.165, 1.54) is 19.4 Å². The van der Waals surface area contributed by atoms with Gasteiger partial charge >= 0.3 is 0 Å². The first-order chi connectivity index (χ1) is 10.2. The highest BCUT2D eigenvalue weighted by Crippen LogP contribution is 2.35. The standard InChI is InChI=1S/C16H25ClN2O2/c1-4-19-7-5-6-13(19)11-18-10-12-8-14(17)16(21-3)15(9-12)20-2/h8-9,13,18H,4-7,10-11H2,1-3H3/t13-/m0/s1. The molecular weight excluding hydrogens is 288 g/mol. The van der Waals surface area contributed by atoms with Crippen molar-refractivity contribution in [3.8, 4) is 11.5 Å².